The third-order valence-corrected chi connectivity index (χ3v) is 6.27. The van der Waals surface area contributed by atoms with Crippen LogP contribution in [0.1, 0.15) is 10.4 Å². The fourth-order valence-corrected chi connectivity index (χ4v) is 4.47. The van der Waals surface area contributed by atoms with Crippen molar-refractivity contribution in [1.82, 2.24) is 0 Å². The van der Waals surface area contributed by atoms with Gasteiger partial charge in [0.05, 0.1) is 23.3 Å². The Bertz CT molecular complexity index is 998. The molecule has 0 unspecified atom stereocenters. The number of halogens is 1. The van der Waals surface area contributed by atoms with Gasteiger partial charge in [-0.1, -0.05) is 11.6 Å². The van der Waals surface area contributed by atoms with Crippen molar-refractivity contribution in [2.75, 3.05) is 11.4 Å². The lowest BCUT2D eigenvalue weighted by molar-refractivity contribution is 0.101. The van der Waals surface area contributed by atoms with Crippen LogP contribution in [0.2, 0.25) is 5.02 Å². The second-order valence-corrected chi connectivity index (χ2v) is 8.24. The molecule has 3 aromatic rings. The van der Waals surface area contributed by atoms with E-state index >= 15 is 0 Å². The van der Waals surface area contributed by atoms with Crippen LogP contribution < -0.4 is 9.04 Å². The Morgan fingerprint density at radius 2 is 1.69 bits per heavy atom. The number of sulfonamides is 1. The number of benzene rings is 2. The van der Waals surface area contributed by atoms with E-state index in [1.165, 1.54) is 54.8 Å². The fraction of sp³-hybridized carbons (Fsp3) is 0.0556. The third kappa shape index (κ3) is 3.60. The Morgan fingerprint density at radius 3 is 2.23 bits per heavy atom. The predicted octanol–water partition coefficient (Wildman–Crippen LogP) is 4.45. The maximum atomic E-state index is 13.2. The number of hydrogen-bond acceptors (Lipinski definition) is 5. The van der Waals surface area contributed by atoms with Crippen molar-refractivity contribution in [2.24, 2.45) is 0 Å². The molecule has 0 radical (unpaired) electrons. The summed E-state index contributed by atoms with van der Waals surface area (Å²) < 4.78 is 32.2. The second-order valence-electron chi connectivity index (χ2n) is 5.24. The molecule has 134 valence electrons. The molecule has 0 spiro atoms. The summed E-state index contributed by atoms with van der Waals surface area (Å²) in [6.07, 6.45) is 0. The van der Waals surface area contributed by atoms with Gasteiger partial charge in [0.1, 0.15) is 5.75 Å². The van der Waals surface area contributed by atoms with Gasteiger partial charge in [-0.2, -0.15) is 15.6 Å². The minimum Gasteiger partial charge on any atom is -0.497 e. The molecule has 5 nitrogen and oxygen atoms in total. The van der Waals surface area contributed by atoms with Crippen molar-refractivity contribution in [3.63, 3.8) is 0 Å². The zero-order valence-corrected chi connectivity index (χ0v) is 16.0. The summed E-state index contributed by atoms with van der Waals surface area (Å²) in [4.78, 5) is 12.9. The van der Waals surface area contributed by atoms with Gasteiger partial charge in [-0.15, -0.1) is 0 Å². The highest BCUT2D eigenvalue weighted by Gasteiger charge is 2.32. The summed E-state index contributed by atoms with van der Waals surface area (Å²) >= 11 is 7.16. The van der Waals surface area contributed by atoms with E-state index in [4.69, 9.17) is 16.3 Å². The minimum absolute atomic E-state index is 0.0266. The van der Waals surface area contributed by atoms with E-state index in [1.807, 2.05) is 0 Å². The van der Waals surface area contributed by atoms with Crippen LogP contribution in [0.4, 0.5) is 5.69 Å². The molecule has 0 saturated heterocycles. The molecule has 0 aliphatic rings. The first-order valence-corrected chi connectivity index (χ1v) is 10.2. The van der Waals surface area contributed by atoms with Gasteiger partial charge in [-0.25, -0.2) is 8.42 Å². The monoisotopic (exact) mass is 407 g/mol. The number of rotatable bonds is 5. The Labute approximate surface area is 160 Å². The molecule has 3 rings (SSSR count). The van der Waals surface area contributed by atoms with Gasteiger partial charge in [-0.3, -0.25) is 4.79 Å². The SMILES string of the molecule is COc1ccc(N(C(=O)c2ccsc2)S(=O)(=O)c2ccc(Cl)cc2)cc1. The summed E-state index contributed by atoms with van der Waals surface area (Å²) in [5.74, 6) is -0.0769. The third-order valence-electron chi connectivity index (χ3n) is 3.61. The molecule has 0 fully saturated rings. The van der Waals surface area contributed by atoms with Crippen LogP contribution in [-0.4, -0.2) is 21.4 Å². The molecular weight excluding hydrogens is 394 g/mol. The first-order chi connectivity index (χ1) is 12.4. The minimum atomic E-state index is -4.13. The second kappa shape index (κ2) is 7.49. The first-order valence-electron chi connectivity index (χ1n) is 7.45. The van der Waals surface area contributed by atoms with Gasteiger partial charge >= 0.3 is 0 Å². The lowest BCUT2D eigenvalue weighted by Gasteiger charge is -2.22. The van der Waals surface area contributed by atoms with Crippen molar-refractivity contribution in [1.29, 1.82) is 0 Å². The number of thiophene rings is 1. The Balaban J connectivity index is 2.13. The van der Waals surface area contributed by atoms with E-state index in [9.17, 15) is 13.2 Å². The molecule has 1 aromatic heterocycles. The maximum Gasteiger partial charge on any atom is 0.273 e. The zero-order valence-electron chi connectivity index (χ0n) is 13.6. The van der Waals surface area contributed by atoms with E-state index in [2.05, 4.69) is 0 Å². The van der Waals surface area contributed by atoms with E-state index in [-0.39, 0.29) is 10.6 Å². The van der Waals surface area contributed by atoms with Crippen molar-refractivity contribution in [2.45, 2.75) is 4.90 Å². The van der Waals surface area contributed by atoms with Crippen LogP contribution in [0.15, 0.2) is 70.3 Å². The molecule has 0 atom stereocenters. The van der Waals surface area contributed by atoms with E-state index in [0.717, 1.165) is 4.31 Å². The van der Waals surface area contributed by atoms with Crippen LogP contribution in [0.25, 0.3) is 0 Å². The molecule has 26 heavy (non-hydrogen) atoms. The van der Waals surface area contributed by atoms with Crippen molar-refractivity contribution in [3.8, 4) is 5.75 Å². The van der Waals surface area contributed by atoms with Gasteiger partial charge in [0.2, 0.25) is 0 Å². The number of methoxy groups -OCH3 is 1. The fourth-order valence-electron chi connectivity index (χ4n) is 2.30. The Morgan fingerprint density at radius 1 is 1.04 bits per heavy atom. The average Bonchev–Trinajstić information content (AvgIpc) is 3.17. The number of carbonyl (C=O) groups is 1. The lowest BCUT2D eigenvalue weighted by atomic mass is 10.2. The molecular formula is C18H14ClNO4S2. The smallest absolute Gasteiger partial charge is 0.273 e. The molecule has 8 heteroatoms. The number of ether oxygens (including phenoxy) is 1. The summed E-state index contributed by atoms with van der Waals surface area (Å²) in [6.45, 7) is 0. The molecule has 0 saturated carbocycles. The highest BCUT2D eigenvalue weighted by atomic mass is 35.5. The van der Waals surface area contributed by atoms with Crippen LogP contribution in [0.5, 0.6) is 5.75 Å². The molecule has 0 bridgehead atoms. The highest BCUT2D eigenvalue weighted by Crippen LogP contribution is 2.28. The van der Waals surface area contributed by atoms with E-state index < -0.39 is 15.9 Å². The quantitative estimate of drug-likeness (QED) is 0.627. The van der Waals surface area contributed by atoms with E-state index in [0.29, 0.717) is 16.3 Å². The molecule has 0 aliphatic heterocycles. The van der Waals surface area contributed by atoms with Crippen LogP contribution >= 0.6 is 22.9 Å². The summed E-state index contributed by atoms with van der Waals surface area (Å²) in [7, 11) is -2.62. The van der Waals surface area contributed by atoms with Crippen molar-refractivity contribution < 1.29 is 17.9 Å². The van der Waals surface area contributed by atoms with Crippen LogP contribution in [0, 0.1) is 0 Å². The largest absolute Gasteiger partial charge is 0.497 e. The van der Waals surface area contributed by atoms with Crippen molar-refractivity contribution in [3.05, 3.63) is 75.9 Å². The summed E-state index contributed by atoms with van der Waals surface area (Å²) in [5.41, 5.74) is 0.514. The van der Waals surface area contributed by atoms with Gasteiger partial charge in [0, 0.05) is 10.4 Å². The number of amides is 1. The predicted molar refractivity (Wildman–Crippen MR) is 103 cm³/mol. The normalized spacial score (nSPS) is 11.2. The Kier molecular flexibility index (Phi) is 5.31. The molecule has 1 heterocycles. The average molecular weight is 408 g/mol. The molecule has 0 aliphatic carbocycles. The van der Waals surface area contributed by atoms with Crippen LogP contribution in [-0.2, 0) is 10.0 Å². The lowest BCUT2D eigenvalue weighted by Crippen LogP contribution is -2.36. The Hall–Kier alpha value is -2.35. The number of carbonyl (C=O) groups excluding carboxylic acids is 1. The number of nitrogens with zero attached hydrogens (tertiary/aromatic N) is 1. The number of hydrogen-bond donors (Lipinski definition) is 0. The van der Waals surface area contributed by atoms with Gasteiger partial charge < -0.3 is 4.74 Å². The van der Waals surface area contributed by atoms with Gasteiger partial charge in [0.25, 0.3) is 15.9 Å². The van der Waals surface area contributed by atoms with E-state index in [1.54, 1.807) is 29.0 Å². The highest BCUT2D eigenvalue weighted by molar-refractivity contribution is 7.93. The molecule has 1 amide bonds. The van der Waals surface area contributed by atoms with Crippen molar-refractivity contribution >= 4 is 44.6 Å². The number of anilines is 1. The summed E-state index contributed by atoms with van der Waals surface area (Å²) in [6, 6.07) is 13.5. The van der Waals surface area contributed by atoms with Gasteiger partial charge in [0.15, 0.2) is 0 Å². The summed E-state index contributed by atoms with van der Waals surface area (Å²) in [5, 5.41) is 3.73. The van der Waals surface area contributed by atoms with Crippen LogP contribution in [0.3, 0.4) is 0 Å². The maximum absolute atomic E-state index is 13.2. The topological polar surface area (TPSA) is 63.7 Å². The van der Waals surface area contributed by atoms with Gasteiger partial charge in [-0.05, 0) is 60.0 Å². The standard InChI is InChI=1S/C18H14ClNO4S2/c1-24-16-6-4-15(5-7-16)20(18(21)13-10-11-25-12-13)26(22,23)17-8-2-14(19)3-9-17/h2-12H,1H3. The molecule has 0 N–H and O–H groups in total. The zero-order chi connectivity index (χ0) is 18.7. The first kappa shape index (κ1) is 18.4. The molecule has 2 aromatic carbocycles.